The number of hydrogen-bond donors (Lipinski definition) is 3. The molecule has 0 bridgehead atoms. The SMILES string of the molecule is CC1=C(C(=O)Nc2ccccc2)[C@@H](c2ccccc2F)C(C#N)=C(SCC(=O)Nc2ccc(C)c(C)c2)N1. The summed E-state index contributed by atoms with van der Waals surface area (Å²) in [6, 6.07) is 22.9. The molecule has 4 rings (SSSR count). The molecule has 2 amide bonds. The number of dihydropyridines is 1. The smallest absolute Gasteiger partial charge is 0.254 e. The zero-order valence-electron chi connectivity index (χ0n) is 21.3. The summed E-state index contributed by atoms with van der Waals surface area (Å²) in [4.78, 5) is 26.1. The second-order valence-electron chi connectivity index (χ2n) is 8.93. The summed E-state index contributed by atoms with van der Waals surface area (Å²) in [6.07, 6.45) is 0. The fraction of sp³-hybridized carbons (Fsp3) is 0.167. The number of aryl methyl sites for hydroxylation is 2. The van der Waals surface area contributed by atoms with E-state index in [2.05, 4.69) is 22.0 Å². The molecule has 0 unspecified atom stereocenters. The van der Waals surface area contributed by atoms with Crippen LogP contribution in [-0.2, 0) is 9.59 Å². The van der Waals surface area contributed by atoms with E-state index in [1.54, 1.807) is 49.4 Å². The minimum Gasteiger partial charge on any atom is -0.353 e. The summed E-state index contributed by atoms with van der Waals surface area (Å²) in [6.45, 7) is 5.68. The summed E-state index contributed by atoms with van der Waals surface area (Å²) in [5.41, 5.74) is 4.54. The Labute approximate surface area is 225 Å². The second-order valence-corrected chi connectivity index (χ2v) is 9.91. The van der Waals surface area contributed by atoms with Crippen LogP contribution in [0.15, 0.2) is 94.7 Å². The third kappa shape index (κ3) is 5.96. The number of benzene rings is 3. The number of carbonyl (C=O) groups excluding carboxylic acids is 2. The summed E-state index contributed by atoms with van der Waals surface area (Å²) in [5, 5.41) is 19.4. The molecular formula is C30H27FN4O2S. The molecule has 192 valence electrons. The molecule has 0 saturated heterocycles. The van der Waals surface area contributed by atoms with Crippen molar-refractivity contribution in [1.82, 2.24) is 5.32 Å². The number of anilines is 2. The van der Waals surface area contributed by atoms with Gasteiger partial charge in [0, 0.05) is 28.2 Å². The molecule has 3 aromatic carbocycles. The van der Waals surface area contributed by atoms with E-state index in [4.69, 9.17) is 0 Å². The lowest BCUT2D eigenvalue weighted by atomic mass is 9.82. The normalized spacial score (nSPS) is 15.0. The van der Waals surface area contributed by atoms with Crippen LogP contribution in [0.4, 0.5) is 15.8 Å². The van der Waals surface area contributed by atoms with Crippen molar-refractivity contribution in [3.8, 4) is 6.07 Å². The van der Waals surface area contributed by atoms with E-state index in [1.807, 2.05) is 38.1 Å². The van der Waals surface area contributed by atoms with Crippen LogP contribution in [0.25, 0.3) is 0 Å². The maximum absolute atomic E-state index is 15.0. The van der Waals surface area contributed by atoms with Gasteiger partial charge < -0.3 is 16.0 Å². The number of amides is 2. The lowest BCUT2D eigenvalue weighted by Crippen LogP contribution is -2.31. The van der Waals surface area contributed by atoms with Crippen molar-refractivity contribution in [2.45, 2.75) is 26.7 Å². The molecule has 38 heavy (non-hydrogen) atoms. The summed E-state index contributed by atoms with van der Waals surface area (Å²) in [7, 11) is 0. The molecule has 0 fully saturated rings. The molecule has 0 saturated carbocycles. The molecule has 1 aliphatic heterocycles. The Bertz CT molecular complexity index is 1490. The van der Waals surface area contributed by atoms with Crippen molar-refractivity contribution in [2.24, 2.45) is 0 Å². The number of carbonyl (C=O) groups is 2. The van der Waals surface area contributed by atoms with Gasteiger partial charge in [-0.15, -0.1) is 0 Å². The van der Waals surface area contributed by atoms with Gasteiger partial charge in [-0.05, 0) is 62.2 Å². The van der Waals surface area contributed by atoms with Crippen molar-refractivity contribution in [2.75, 3.05) is 16.4 Å². The first kappa shape index (κ1) is 26.7. The highest BCUT2D eigenvalue weighted by atomic mass is 32.2. The average Bonchev–Trinajstić information content (AvgIpc) is 2.90. The molecule has 8 heteroatoms. The van der Waals surface area contributed by atoms with Crippen LogP contribution in [0, 0.1) is 31.0 Å². The highest BCUT2D eigenvalue weighted by molar-refractivity contribution is 8.03. The Morgan fingerprint density at radius 2 is 1.66 bits per heavy atom. The maximum Gasteiger partial charge on any atom is 0.254 e. The molecule has 3 N–H and O–H groups in total. The summed E-state index contributed by atoms with van der Waals surface area (Å²) >= 11 is 1.14. The Hall–Kier alpha value is -4.35. The number of rotatable bonds is 7. The quantitative estimate of drug-likeness (QED) is 0.343. The molecule has 0 spiro atoms. The van der Waals surface area contributed by atoms with Gasteiger partial charge in [0.25, 0.3) is 5.91 Å². The van der Waals surface area contributed by atoms with Crippen LogP contribution in [0.5, 0.6) is 0 Å². The zero-order valence-corrected chi connectivity index (χ0v) is 22.1. The van der Waals surface area contributed by atoms with Gasteiger partial charge in [-0.2, -0.15) is 5.26 Å². The van der Waals surface area contributed by atoms with Crippen LogP contribution < -0.4 is 16.0 Å². The lowest BCUT2D eigenvalue weighted by molar-refractivity contribution is -0.114. The van der Waals surface area contributed by atoms with E-state index >= 15 is 4.39 Å². The largest absolute Gasteiger partial charge is 0.353 e. The van der Waals surface area contributed by atoms with Crippen LogP contribution in [0.2, 0.25) is 0 Å². The fourth-order valence-corrected chi connectivity index (χ4v) is 5.11. The number of halogens is 1. The fourth-order valence-electron chi connectivity index (χ4n) is 4.22. The standard InChI is InChI=1S/C30H27FN4O2S/c1-18-13-14-22(15-19(18)2)34-26(36)17-38-30-24(16-32)28(23-11-7-8-12-25(23)31)27(20(3)33-30)29(37)35-21-9-5-4-6-10-21/h4-15,28,33H,17H2,1-3H3,(H,34,36)(H,35,37)/t28-/m0/s1. The number of thioether (sulfide) groups is 1. The topological polar surface area (TPSA) is 94.0 Å². The first-order valence-electron chi connectivity index (χ1n) is 12.0. The monoisotopic (exact) mass is 526 g/mol. The third-order valence-corrected chi connectivity index (χ3v) is 7.30. The average molecular weight is 527 g/mol. The molecule has 1 aliphatic rings. The number of hydrogen-bond acceptors (Lipinski definition) is 5. The van der Waals surface area contributed by atoms with Gasteiger partial charge >= 0.3 is 0 Å². The predicted octanol–water partition coefficient (Wildman–Crippen LogP) is 6.15. The molecule has 6 nitrogen and oxygen atoms in total. The van der Waals surface area contributed by atoms with Gasteiger partial charge in [0.15, 0.2) is 0 Å². The number of para-hydroxylation sites is 1. The minimum absolute atomic E-state index is 0.0171. The number of nitriles is 1. The van der Waals surface area contributed by atoms with Crippen molar-refractivity contribution in [1.29, 1.82) is 5.26 Å². The molecule has 1 heterocycles. The van der Waals surface area contributed by atoms with E-state index in [1.165, 1.54) is 6.07 Å². The lowest BCUT2D eigenvalue weighted by Gasteiger charge is -2.30. The van der Waals surface area contributed by atoms with Crippen LogP contribution >= 0.6 is 11.8 Å². The Kier molecular flexibility index (Phi) is 8.29. The van der Waals surface area contributed by atoms with Crippen molar-refractivity contribution in [3.63, 3.8) is 0 Å². The van der Waals surface area contributed by atoms with Gasteiger partial charge in [-0.25, -0.2) is 4.39 Å². The molecular weight excluding hydrogens is 499 g/mol. The van der Waals surface area contributed by atoms with Gasteiger partial charge in [0.05, 0.1) is 28.3 Å². The molecule has 0 aromatic heterocycles. The van der Waals surface area contributed by atoms with Gasteiger partial charge in [-0.1, -0.05) is 54.2 Å². The third-order valence-electron chi connectivity index (χ3n) is 6.28. The number of allylic oxidation sites excluding steroid dienone is 2. The number of nitrogens with zero attached hydrogens (tertiary/aromatic N) is 1. The summed E-state index contributed by atoms with van der Waals surface area (Å²) < 4.78 is 15.0. The Morgan fingerprint density at radius 1 is 0.947 bits per heavy atom. The van der Waals surface area contributed by atoms with Crippen LogP contribution in [-0.4, -0.2) is 17.6 Å². The maximum atomic E-state index is 15.0. The first-order valence-corrected chi connectivity index (χ1v) is 13.0. The van der Waals surface area contributed by atoms with E-state index < -0.39 is 17.6 Å². The van der Waals surface area contributed by atoms with Crippen molar-refractivity contribution < 1.29 is 14.0 Å². The van der Waals surface area contributed by atoms with Crippen LogP contribution in [0.1, 0.15) is 29.5 Å². The zero-order chi connectivity index (χ0) is 27.2. The Balaban J connectivity index is 1.63. The van der Waals surface area contributed by atoms with Gasteiger partial charge in [-0.3, -0.25) is 9.59 Å². The van der Waals surface area contributed by atoms with E-state index in [0.29, 0.717) is 22.1 Å². The van der Waals surface area contributed by atoms with Crippen molar-refractivity contribution in [3.05, 3.63) is 117 Å². The molecule has 0 aliphatic carbocycles. The molecule has 1 atom stereocenters. The first-order chi connectivity index (χ1) is 18.3. The predicted molar refractivity (Wildman–Crippen MR) is 150 cm³/mol. The van der Waals surface area contributed by atoms with Gasteiger partial charge in [0.2, 0.25) is 5.91 Å². The minimum atomic E-state index is -0.948. The van der Waals surface area contributed by atoms with E-state index in [0.717, 1.165) is 22.9 Å². The molecule has 0 radical (unpaired) electrons. The molecule has 3 aromatic rings. The summed E-state index contributed by atoms with van der Waals surface area (Å²) in [5.74, 6) is -2.15. The van der Waals surface area contributed by atoms with E-state index in [9.17, 15) is 14.9 Å². The van der Waals surface area contributed by atoms with E-state index in [-0.39, 0.29) is 28.4 Å². The highest BCUT2D eigenvalue weighted by Crippen LogP contribution is 2.41. The second kappa shape index (κ2) is 11.8. The van der Waals surface area contributed by atoms with Crippen molar-refractivity contribution >= 4 is 35.0 Å². The van der Waals surface area contributed by atoms with Gasteiger partial charge in [0.1, 0.15) is 5.82 Å². The Morgan fingerprint density at radius 3 is 2.34 bits per heavy atom. The van der Waals surface area contributed by atoms with Crippen LogP contribution in [0.3, 0.4) is 0 Å². The number of nitrogens with one attached hydrogen (secondary N) is 3. The highest BCUT2D eigenvalue weighted by Gasteiger charge is 2.36.